The Bertz CT molecular complexity index is 211. The zero-order valence-electron chi connectivity index (χ0n) is 8.99. The minimum atomic E-state index is -0.902. The van der Waals surface area contributed by atoms with Gasteiger partial charge in [0, 0.05) is 0 Å². The average molecular weight is 200 g/mol. The maximum Gasteiger partial charge on any atom is 0.305 e. The van der Waals surface area contributed by atoms with E-state index < -0.39 is 12.1 Å². The Morgan fingerprint density at radius 1 is 1.57 bits per heavy atom. The molecule has 3 nitrogen and oxygen atoms in total. The number of hydrogen-bond donors (Lipinski definition) is 2. The van der Waals surface area contributed by atoms with E-state index in [1.165, 1.54) is 6.42 Å². The first-order valence-corrected chi connectivity index (χ1v) is 5.30. The topological polar surface area (TPSA) is 57.5 Å². The van der Waals surface area contributed by atoms with E-state index in [4.69, 9.17) is 5.11 Å². The van der Waals surface area contributed by atoms with Crippen molar-refractivity contribution in [1.82, 2.24) is 0 Å². The van der Waals surface area contributed by atoms with Crippen LogP contribution in [-0.2, 0) is 4.79 Å². The molecule has 0 amide bonds. The first-order valence-electron chi connectivity index (χ1n) is 5.30. The van der Waals surface area contributed by atoms with Crippen LogP contribution in [-0.4, -0.2) is 22.3 Å². The van der Waals surface area contributed by atoms with Gasteiger partial charge in [-0.1, -0.05) is 20.3 Å². The van der Waals surface area contributed by atoms with Crippen molar-refractivity contribution in [3.05, 3.63) is 0 Å². The lowest BCUT2D eigenvalue weighted by molar-refractivity contribution is -0.140. The summed E-state index contributed by atoms with van der Waals surface area (Å²) >= 11 is 0. The standard InChI is InChI=1S/C11H20O3/c1-11(2)5-3-4-8(7-11)9(12)6-10(13)14/h8-9,12H,3-7H2,1-2H3,(H,13,14). The van der Waals surface area contributed by atoms with E-state index in [2.05, 4.69) is 13.8 Å². The summed E-state index contributed by atoms with van der Waals surface area (Å²) in [7, 11) is 0. The Labute approximate surface area is 85.1 Å². The SMILES string of the molecule is CC1(C)CCCC(C(O)CC(=O)O)C1. The van der Waals surface area contributed by atoms with Crippen LogP contribution in [0.5, 0.6) is 0 Å². The van der Waals surface area contributed by atoms with Crippen LogP contribution in [0.25, 0.3) is 0 Å². The van der Waals surface area contributed by atoms with E-state index in [9.17, 15) is 9.90 Å². The molecular weight excluding hydrogens is 180 g/mol. The van der Waals surface area contributed by atoms with E-state index >= 15 is 0 Å². The minimum Gasteiger partial charge on any atom is -0.481 e. The van der Waals surface area contributed by atoms with E-state index in [0.29, 0.717) is 0 Å². The molecule has 0 aliphatic heterocycles. The summed E-state index contributed by atoms with van der Waals surface area (Å²) in [6, 6.07) is 0. The van der Waals surface area contributed by atoms with Crippen molar-refractivity contribution in [3.63, 3.8) is 0 Å². The second-order valence-corrected chi connectivity index (χ2v) is 5.19. The monoisotopic (exact) mass is 200 g/mol. The van der Waals surface area contributed by atoms with Gasteiger partial charge in [-0.05, 0) is 30.6 Å². The summed E-state index contributed by atoms with van der Waals surface area (Å²) in [4.78, 5) is 10.5. The molecule has 0 aromatic heterocycles. The number of aliphatic hydroxyl groups excluding tert-OH is 1. The highest BCUT2D eigenvalue weighted by molar-refractivity contribution is 5.67. The molecule has 0 spiro atoms. The largest absolute Gasteiger partial charge is 0.481 e. The highest BCUT2D eigenvalue weighted by atomic mass is 16.4. The molecule has 1 fully saturated rings. The summed E-state index contributed by atoms with van der Waals surface area (Å²) in [5, 5.41) is 18.3. The second kappa shape index (κ2) is 4.30. The molecule has 14 heavy (non-hydrogen) atoms. The first kappa shape index (κ1) is 11.5. The molecule has 2 N–H and O–H groups in total. The number of aliphatic hydroxyl groups is 1. The van der Waals surface area contributed by atoms with Crippen molar-refractivity contribution in [1.29, 1.82) is 0 Å². The van der Waals surface area contributed by atoms with Crippen LogP contribution in [0.15, 0.2) is 0 Å². The van der Waals surface area contributed by atoms with Crippen LogP contribution < -0.4 is 0 Å². The van der Waals surface area contributed by atoms with Gasteiger partial charge in [0.1, 0.15) is 0 Å². The lowest BCUT2D eigenvalue weighted by Gasteiger charge is -2.37. The number of carboxylic acid groups (broad SMARTS) is 1. The van der Waals surface area contributed by atoms with Gasteiger partial charge in [-0.2, -0.15) is 0 Å². The predicted molar refractivity (Wildman–Crippen MR) is 54.0 cm³/mol. The summed E-state index contributed by atoms with van der Waals surface area (Å²) < 4.78 is 0. The summed E-state index contributed by atoms with van der Waals surface area (Å²) in [5.41, 5.74) is 0.266. The molecule has 0 bridgehead atoms. The van der Waals surface area contributed by atoms with E-state index in [-0.39, 0.29) is 17.8 Å². The highest BCUT2D eigenvalue weighted by Crippen LogP contribution is 2.40. The number of aliphatic carboxylic acids is 1. The zero-order valence-corrected chi connectivity index (χ0v) is 8.99. The van der Waals surface area contributed by atoms with Gasteiger partial charge >= 0.3 is 5.97 Å². The van der Waals surface area contributed by atoms with Crippen molar-refractivity contribution in [2.75, 3.05) is 0 Å². The maximum absolute atomic E-state index is 10.5. The van der Waals surface area contributed by atoms with Crippen molar-refractivity contribution < 1.29 is 15.0 Å². The summed E-state index contributed by atoms with van der Waals surface area (Å²) in [5.74, 6) is -0.726. The molecule has 0 saturated heterocycles. The molecule has 2 unspecified atom stereocenters. The molecule has 1 saturated carbocycles. The number of carboxylic acids is 1. The van der Waals surface area contributed by atoms with E-state index in [0.717, 1.165) is 19.3 Å². The molecule has 3 heteroatoms. The maximum atomic E-state index is 10.5. The third kappa shape index (κ3) is 3.29. The molecule has 2 atom stereocenters. The van der Waals surface area contributed by atoms with Gasteiger partial charge in [0.15, 0.2) is 0 Å². The second-order valence-electron chi connectivity index (χ2n) is 5.19. The number of hydrogen-bond acceptors (Lipinski definition) is 2. The van der Waals surface area contributed by atoms with Gasteiger partial charge in [0.2, 0.25) is 0 Å². The van der Waals surface area contributed by atoms with Crippen LogP contribution in [0.1, 0.15) is 46.0 Å². The quantitative estimate of drug-likeness (QED) is 0.733. The fourth-order valence-corrected chi connectivity index (χ4v) is 2.43. The minimum absolute atomic E-state index is 0.110. The van der Waals surface area contributed by atoms with Crippen LogP contribution >= 0.6 is 0 Å². The molecule has 0 aromatic rings. The molecule has 0 aromatic carbocycles. The number of carbonyl (C=O) groups is 1. The fraction of sp³-hybridized carbons (Fsp3) is 0.909. The molecule has 1 aliphatic rings. The Kier molecular flexibility index (Phi) is 3.53. The van der Waals surface area contributed by atoms with E-state index in [1.807, 2.05) is 0 Å². The van der Waals surface area contributed by atoms with Crippen molar-refractivity contribution in [2.45, 2.75) is 52.1 Å². The van der Waals surface area contributed by atoms with Gasteiger partial charge in [-0.25, -0.2) is 0 Å². The predicted octanol–water partition coefficient (Wildman–Crippen LogP) is 2.04. The van der Waals surface area contributed by atoms with Gasteiger partial charge in [0.05, 0.1) is 12.5 Å². The van der Waals surface area contributed by atoms with Crippen molar-refractivity contribution in [3.8, 4) is 0 Å². The highest BCUT2D eigenvalue weighted by Gasteiger charge is 2.32. The smallest absolute Gasteiger partial charge is 0.305 e. The van der Waals surface area contributed by atoms with Crippen molar-refractivity contribution >= 4 is 5.97 Å². The summed E-state index contributed by atoms with van der Waals surface area (Å²) in [6.45, 7) is 4.37. The van der Waals surface area contributed by atoms with Crippen molar-refractivity contribution in [2.24, 2.45) is 11.3 Å². The lowest BCUT2D eigenvalue weighted by Crippen LogP contribution is -2.32. The van der Waals surface area contributed by atoms with Crippen LogP contribution in [0.3, 0.4) is 0 Å². The van der Waals surface area contributed by atoms with Gasteiger partial charge in [0.25, 0.3) is 0 Å². The van der Waals surface area contributed by atoms with Gasteiger partial charge in [-0.3, -0.25) is 4.79 Å². The molecule has 0 heterocycles. The van der Waals surface area contributed by atoms with Crippen LogP contribution in [0.2, 0.25) is 0 Å². The molecule has 1 rings (SSSR count). The van der Waals surface area contributed by atoms with Crippen LogP contribution in [0.4, 0.5) is 0 Å². The van der Waals surface area contributed by atoms with Crippen LogP contribution in [0, 0.1) is 11.3 Å². The third-order valence-corrected chi connectivity index (χ3v) is 3.17. The van der Waals surface area contributed by atoms with Gasteiger partial charge < -0.3 is 10.2 Å². The molecule has 82 valence electrons. The van der Waals surface area contributed by atoms with E-state index in [1.54, 1.807) is 0 Å². The third-order valence-electron chi connectivity index (χ3n) is 3.17. The van der Waals surface area contributed by atoms with Gasteiger partial charge in [-0.15, -0.1) is 0 Å². The Morgan fingerprint density at radius 3 is 2.71 bits per heavy atom. The zero-order chi connectivity index (χ0) is 10.8. The molecular formula is C11H20O3. The Morgan fingerprint density at radius 2 is 2.21 bits per heavy atom. The normalized spacial score (nSPS) is 28.4. The number of rotatable bonds is 3. The summed E-state index contributed by atoms with van der Waals surface area (Å²) in [6.07, 6.45) is 3.43. The fourth-order valence-electron chi connectivity index (χ4n) is 2.43. The molecule has 0 radical (unpaired) electrons. The first-order chi connectivity index (χ1) is 6.41. The average Bonchev–Trinajstić information content (AvgIpc) is 2.01. The lowest BCUT2D eigenvalue weighted by atomic mass is 9.70. The molecule has 1 aliphatic carbocycles. The Balaban J connectivity index is 2.47. The Hall–Kier alpha value is -0.570.